The lowest BCUT2D eigenvalue weighted by Gasteiger charge is -2.34. The minimum absolute atomic E-state index is 0.884. The quantitative estimate of drug-likeness (QED) is 0.125. The number of rotatable bonds is 5. The molecule has 14 aromatic rings. The van der Waals surface area contributed by atoms with Crippen molar-refractivity contribution >= 4 is 116 Å². The fraction of sp³-hybridized carbons (Fsp3) is 0. The standard InChI is InChI=1S/C61H40N4Si/c1-4-21-42(22-5-1)66(43-23-6-2-7-24-43,44-25-8-3-9-26-44)58-38-20-37-56-59(58)62-61-64(56)57-40-41(63-53-34-17-15-32-50(53)51-33-16-18-35-54(51)63)39-52-48-30-13-11-28-46(48)45-27-10-12-29-47(45)49-31-14-19-36-55(49)65(61)60(52)57/h1-40H. The summed E-state index contributed by atoms with van der Waals surface area (Å²) in [6.07, 6.45) is 0. The summed E-state index contributed by atoms with van der Waals surface area (Å²) in [5.74, 6) is 0.884. The van der Waals surface area contributed by atoms with E-state index in [1.165, 1.54) is 64.1 Å². The first-order valence-corrected chi connectivity index (χ1v) is 24.7. The van der Waals surface area contributed by atoms with Gasteiger partial charge in [-0.15, -0.1) is 0 Å². The molecule has 0 N–H and O–H groups in total. The van der Waals surface area contributed by atoms with Crippen LogP contribution in [0.1, 0.15) is 0 Å². The van der Waals surface area contributed by atoms with Gasteiger partial charge in [0.05, 0.1) is 38.6 Å². The minimum atomic E-state index is -2.99. The molecule has 4 nitrogen and oxygen atoms in total. The molecule has 0 aliphatic rings. The first-order valence-electron chi connectivity index (χ1n) is 22.7. The van der Waals surface area contributed by atoms with Gasteiger partial charge in [-0.2, -0.15) is 0 Å². The number of hydrogen-bond donors (Lipinski definition) is 0. The molecule has 5 heteroatoms. The molecule has 0 atom stereocenters. The number of para-hydroxylation sites is 4. The summed E-state index contributed by atoms with van der Waals surface area (Å²) >= 11 is 0. The highest BCUT2D eigenvalue weighted by atomic mass is 28.3. The highest BCUT2D eigenvalue weighted by molar-refractivity contribution is 7.20. The first kappa shape index (κ1) is 36.9. The number of imidazole rings is 2. The Morgan fingerprint density at radius 1 is 0.303 bits per heavy atom. The first-order chi connectivity index (χ1) is 32.8. The van der Waals surface area contributed by atoms with Gasteiger partial charge in [-0.1, -0.05) is 206 Å². The molecule has 10 aromatic carbocycles. The molecule has 0 bridgehead atoms. The smallest absolute Gasteiger partial charge is 0.220 e. The molecule has 308 valence electrons. The predicted octanol–water partition coefficient (Wildman–Crippen LogP) is 12.4. The molecule has 4 aromatic heterocycles. The van der Waals surface area contributed by atoms with Gasteiger partial charge in [0, 0.05) is 27.2 Å². The van der Waals surface area contributed by atoms with E-state index in [4.69, 9.17) is 4.98 Å². The molecule has 66 heavy (non-hydrogen) atoms. The van der Waals surface area contributed by atoms with Crippen LogP contribution in [0.5, 0.6) is 0 Å². The zero-order valence-electron chi connectivity index (χ0n) is 35.9. The molecule has 0 aliphatic carbocycles. The topological polar surface area (TPSA) is 26.6 Å². The van der Waals surface area contributed by atoms with Crippen molar-refractivity contribution < 1.29 is 0 Å². The minimum Gasteiger partial charge on any atom is -0.309 e. The van der Waals surface area contributed by atoms with Crippen LogP contribution in [0.25, 0.3) is 93.2 Å². The molecule has 0 unspecified atom stereocenters. The summed E-state index contributed by atoms with van der Waals surface area (Å²) in [6.45, 7) is 0. The molecule has 0 spiro atoms. The van der Waals surface area contributed by atoms with Crippen molar-refractivity contribution in [2.24, 2.45) is 0 Å². The van der Waals surface area contributed by atoms with Crippen LogP contribution in [0, 0.1) is 0 Å². The van der Waals surface area contributed by atoms with E-state index in [1.54, 1.807) is 0 Å². The van der Waals surface area contributed by atoms with Crippen molar-refractivity contribution in [1.29, 1.82) is 0 Å². The number of benzene rings is 10. The van der Waals surface area contributed by atoms with Gasteiger partial charge >= 0.3 is 0 Å². The average molecular weight is 857 g/mol. The predicted molar refractivity (Wildman–Crippen MR) is 280 cm³/mol. The molecule has 0 amide bonds. The molecule has 0 saturated heterocycles. The van der Waals surface area contributed by atoms with Crippen molar-refractivity contribution in [2.45, 2.75) is 0 Å². The Morgan fingerprint density at radius 3 is 1.24 bits per heavy atom. The number of fused-ring (bicyclic) bond motifs is 15. The van der Waals surface area contributed by atoms with E-state index < -0.39 is 8.07 Å². The Morgan fingerprint density at radius 2 is 0.712 bits per heavy atom. The van der Waals surface area contributed by atoms with Crippen LogP contribution in [0.4, 0.5) is 0 Å². The third-order valence-corrected chi connectivity index (χ3v) is 18.9. The van der Waals surface area contributed by atoms with E-state index in [0.29, 0.717) is 0 Å². The zero-order chi connectivity index (χ0) is 43.3. The second-order valence-electron chi connectivity index (χ2n) is 17.4. The van der Waals surface area contributed by atoms with Gasteiger partial charge in [-0.25, -0.2) is 4.98 Å². The summed E-state index contributed by atoms with van der Waals surface area (Å²) in [5.41, 5.74) is 8.87. The van der Waals surface area contributed by atoms with Crippen molar-refractivity contribution in [1.82, 2.24) is 18.4 Å². The Hall–Kier alpha value is -8.51. The van der Waals surface area contributed by atoms with E-state index in [-0.39, 0.29) is 0 Å². The maximum Gasteiger partial charge on any atom is 0.220 e. The maximum absolute atomic E-state index is 6.00. The number of hydrogen-bond acceptors (Lipinski definition) is 1. The summed E-state index contributed by atoms with van der Waals surface area (Å²) in [4.78, 5) is 6.00. The van der Waals surface area contributed by atoms with Crippen LogP contribution >= 0.6 is 0 Å². The third-order valence-electron chi connectivity index (χ3n) is 14.1. The van der Waals surface area contributed by atoms with E-state index >= 15 is 0 Å². The van der Waals surface area contributed by atoms with Gasteiger partial charge in [0.25, 0.3) is 0 Å². The molecule has 0 radical (unpaired) electrons. The van der Waals surface area contributed by atoms with Crippen LogP contribution < -0.4 is 20.7 Å². The van der Waals surface area contributed by atoms with Crippen LogP contribution in [0.3, 0.4) is 0 Å². The monoisotopic (exact) mass is 856 g/mol. The Bertz CT molecular complexity index is 4130. The zero-order valence-corrected chi connectivity index (χ0v) is 36.9. The van der Waals surface area contributed by atoms with Gasteiger partial charge in [-0.05, 0) is 78.7 Å². The van der Waals surface area contributed by atoms with Crippen molar-refractivity contribution in [3.8, 4) is 5.69 Å². The normalized spacial score (nSPS) is 12.2. The Labute approximate surface area is 381 Å². The van der Waals surface area contributed by atoms with E-state index in [9.17, 15) is 0 Å². The highest BCUT2D eigenvalue weighted by Gasteiger charge is 2.43. The van der Waals surface area contributed by atoms with Crippen LogP contribution in [0.15, 0.2) is 243 Å². The van der Waals surface area contributed by atoms with Gasteiger partial charge in [0.2, 0.25) is 5.78 Å². The molecule has 0 aliphatic heterocycles. The van der Waals surface area contributed by atoms with Crippen LogP contribution in [-0.2, 0) is 0 Å². The summed E-state index contributed by atoms with van der Waals surface area (Å²) < 4.78 is 7.39. The number of aromatic nitrogens is 4. The summed E-state index contributed by atoms with van der Waals surface area (Å²) in [7, 11) is -2.99. The largest absolute Gasteiger partial charge is 0.309 e. The Balaban J connectivity index is 1.25. The fourth-order valence-electron chi connectivity index (χ4n) is 11.5. The van der Waals surface area contributed by atoms with Gasteiger partial charge in [0.1, 0.15) is 0 Å². The number of nitrogens with zero attached hydrogens (tertiary/aromatic N) is 4. The molecule has 4 heterocycles. The van der Waals surface area contributed by atoms with Crippen LogP contribution in [0.2, 0.25) is 0 Å². The van der Waals surface area contributed by atoms with E-state index in [0.717, 1.165) is 49.8 Å². The molecular formula is C61H40N4Si. The Kier molecular flexibility index (Phi) is 7.97. The second kappa shape index (κ2) is 14.2. The fourth-order valence-corrected chi connectivity index (χ4v) is 16.4. The average Bonchev–Trinajstić information content (AvgIpc) is 4.05. The lowest BCUT2D eigenvalue weighted by molar-refractivity contribution is 1.18. The van der Waals surface area contributed by atoms with Gasteiger partial charge in [-0.3, -0.25) is 8.80 Å². The second-order valence-corrected chi connectivity index (χ2v) is 21.2. The van der Waals surface area contributed by atoms with Gasteiger partial charge in [0.15, 0.2) is 8.07 Å². The van der Waals surface area contributed by atoms with Crippen molar-refractivity contribution in [2.75, 3.05) is 0 Å². The highest BCUT2D eigenvalue weighted by Crippen LogP contribution is 2.40. The lowest BCUT2D eigenvalue weighted by atomic mass is 10.0. The molecule has 0 saturated carbocycles. The van der Waals surface area contributed by atoms with Crippen molar-refractivity contribution in [3.63, 3.8) is 0 Å². The van der Waals surface area contributed by atoms with E-state index in [2.05, 4.69) is 256 Å². The van der Waals surface area contributed by atoms with Crippen LogP contribution in [-0.4, -0.2) is 26.4 Å². The van der Waals surface area contributed by atoms with E-state index in [1.807, 2.05) is 0 Å². The SMILES string of the molecule is c1ccc([Si](c2ccccc2)(c2ccccc2)c2cccc3c2nc2n3c3cc(-n4c5ccccc5c5ccccc54)cc4c5ccccc5c5ccccc5c5ccccc5n2c43)cc1. The molecular weight excluding hydrogens is 817 g/mol. The lowest BCUT2D eigenvalue weighted by Crippen LogP contribution is -2.74. The van der Waals surface area contributed by atoms with Gasteiger partial charge < -0.3 is 4.57 Å². The molecule has 0 fully saturated rings. The molecule has 14 rings (SSSR count). The summed E-state index contributed by atoms with van der Waals surface area (Å²) in [5, 5.41) is 14.8. The maximum atomic E-state index is 6.00. The third kappa shape index (κ3) is 5.06. The van der Waals surface area contributed by atoms with Crippen molar-refractivity contribution in [3.05, 3.63) is 243 Å². The summed E-state index contributed by atoms with van der Waals surface area (Å²) in [6, 6.07) is 89.7.